The van der Waals surface area contributed by atoms with Crippen molar-refractivity contribution in [2.45, 2.75) is 19.3 Å². The molecule has 2 fully saturated rings. The van der Waals surface area contributed by atoms with Gasteiger partial charge < -0.3 is 10.6 Å². The van der Waals surface area contributed by atoms with Crippen LogP contribution in [0.2, 0.25) is 0 Å². The summed E-state index contributed by atoms with van der Waals surface area (Å²) in [6.07, 6.45) is 3.99. The highest BCUT2D eigenvalue weighted by atomic mass is 32.1. The fourth-order valence-corrected chi connectivity index (χ4v) is 3.05. The maximum atomic E-state index is 10.9. The molecule has 4 nitrogen and oxygen atoms in total. The zero-order valence-electron chi connectivity index (χ0n) is 8.40. The molecule has 15 heavy (non-hydrogen) atoms. The van der Waals surface area contributed by atoms with E-state index in [-0.39, 0.29) is 0 Å². The van der Waals surface area contributed by atoms with Crippen LogP contribution in [0, 0.1) is 5.41 Å². The molecule has 1 saturated heterocycles. The number of nitrogens with zero attached hydrogens (tertiary/aromatic N) is 2. The first-order valence-electron chi connectivity index (χ1n) is 5.19. The Labute approximate surface area is 92.1 Å². The highest BCUT2D eigenvalue weighted by Gasteiger charge is 2.48. The smallest absolute Gasteiger partial charge is 0.268 e. The van der Waals surface area contributed by atoms with Crippen LogP contribution in [0.25, 0.3) is 0 Å². The second-order valence-corrected chi connectivity index (χ2v) is 5.39. The molecular weight excluding hydrogens is 210 g/mol. The highest BCUT2D eigenvalue weighted by molar-refractivity contribution is 7.13. The second-order valence-electron chi connectivity index (χ2n) is 4.55. The molecule has 3 rings (SSSR count). The Bertz CT molecular complexity index is 411. The topological polar surface area (TPSA) is 59.2 Å². The lowest BCUT2D eigenvalue weighted by Crippen LogP contribution is -2.20. The Morgan fingerprint density at radius 1 is 1.53 bits per heavy atom. The summed E-state index contributed by atoms with van der Waals surface area (Å²) in [5.41, 5.74) is 6.17. The van der Waals surface area contributed by atoms with Crippen LogP contribution < -0.4 is 10.6 Å². The van der Waals surface area contributed by atoms with E-state index in [9.17, 15) is 4.79 Å². The highest BCUT2D eigenvalue weighted by Crippen LogP contribution is 2.53. The van der Waals surface area contributed by atoms with Gasteiger partial charge in [0.1, 0.15) is 5.69 Å². The number of thiazole rings is 1. The predicted molar refractivity (Wildman–Crippen MR) is 59.1 cm³/mol. The first kappa shape index (κ1) is 9.15. The Hall–Kier alpha value is -1.10. The lowest BCUT2D eigenvalue weighted by Gasteiger charge is -2.13. The Kier molecular flexibility index (Phi) is 1.80. The molecule has 5 heteroatoms. The third-order valence-corrected chi connectivity index (χ3v) is 4.31. The first-order chi connectivity index (χ1) is 7.19. The van der Waals surface area contributed by atoms with Crippen molar-refractivity contribution in [3.8, 4) is 0 Å². The first-order valence-corrected chi connectivity index (χ1v) is 6.07. The molecular formula is C10H13N3OS. The van der Waals surface area contributed by atoms with Crippen molar-refractivity contribution in [2.75, 3.05) is 18.0 Å². The van der Waals surface area contributed by atoms with Crippen LogP contribution in [0.3, 0.4) is 0 Å². The molecule has 0 radical (unpaired) electrons. The fraction of sp³-hybridized carbons (Fsp3) is 0.600. The quantitative estimate of drug-likeness (QED) is 0.820. The number of carbonyl (C=O) groups excluding carboxylic acids is 1. The van der Waals surface area contributed by atoms with Crippen molar-refractivity contribution >= 4 is 22.4 Å². The number of hydrogen-bond acceptors (Lipinski definition) is 4. The standard InChI is InChI=1S/C10H13N3OS/c11-8(14)7-5-15-9(12-7)13-4-3-10(6-13)1-2-10/h5H,1-4,6H2,(H2,11,14). The average Bonchev–Trinajstić information content (AvgIpc) is 2.67. The number of primary amides is 1. The maximum Gasteiger partial charge on any atom is 0.268 e. The van der Waals surface area contributed by atoms with E-state index in [0.717, 1.165) is 18.2 Å². The summed E-state index contributed by atoms with van der Waals surface area (Å²) in [6, 6.07) is 0. The van der Waals surface area contributed by atoms with E-state index in [1.54, 1.807) is 5.38 Å². The molecule has 1 aliphatic carbocycles. The monoisotopic (exact) mass is 223 g/mol. The molecule has 2 heterocycles. The van der Waals surface area contributed by atoms with Gasteiger partial charge in [-0.2, -0.15) is 0 Å². The normalized spacial score (nSPS) is 22.3. The van der Waals surface area contributed by atoms with Crippen LogP contribution in [-0.4, -0.2) is 24.0 Å². The molecule has 2 N–H and O–H groups in total. The number of rotatable bonds is 2. The molecule has 2 aliphatic rings. The molecule has 1 aromatic heterocycles. The number of hydrogen-bond donors (Lipinski definition) is 1. The van der Waals surface area contributed by atoms with Gasteiger partial charge in [-0.25, -0.2) is 4.98 Å². The lowest BCUT2D eigenvalue weighted by atomic mass is 10.1. The minimum Gasteiger partial charge on any atom is -0.364 e. The fourth-order valence-electron chi connectivity index (χ4n) is 2.21. The summed E-state index contributed by atoms with van der Waals surface area (Å²) in [7, 11) is 0. The van der Waals surface area contributed by atoms with Crippen molar-refractivity contribution < 1.29 is 4.79 Å². The van der Waals surface area contributed by atoms with Crippen LogP contribution >= 0.6 is 11.3 Å². The summed E-state index contributed by atoms with van der Waals surface area (Å²) >= 11 is 1.52. The molecule has 1 saturated carbocycles. The van der Waals surface area contributed by atoms with Gasteiger partial charge in [0.25, 0.3) is 5.91 Å². The van der Waals surface area contributed by atoms with Gasteiger partial charge in [0, 0.05) is 18.5 Å². The molecule has 1 amide bonds. The molecule has 0 unspecified atom stereocenters. The van der Waals surface area contributed by atoms with Crippen molar-refractivity contribution in [1.29, 1.82) is 0 Å². The summed E-state index contributed by atoms with van der Waals surface area (Å²) in [6.45, 7) is 2.18. The molecule has 1 aromatic rings. The van der Waals surface area contributed by atoms with E-state index in [2.05, 4.69) is 9.88 Å². The van der Waals surface area contributed by atoms with Gasteiger partial charge in [-0.3, -0.25) is 4.79 Å². The van der Waals surface area contributed by atoms with Crippen molar-refractivity contribution in [3.63, 3.8) is 0 Å². The third-order valence-electron chi connectivity index (χ3n) is 3.41. The van der Waals surface area contributed by atoms with E-state index < -0.39 is 5.91 Å². The maximum absolute atomic E-state index is 10.9. The number of aromatic nitrogens is 1. The summed E-state index contributed by atoms with van der Waals surface area (Å²) < 4.78 is 0. The van der Waals surface area contributed by atoms with E-state index in [4.69, 9.17) is 5.73 Å². The van der Waals surface area contributed by atoms with Crippen LogP contribution in [0.1, 0.15) is 29.8 Å². The number of nitrogens with two attached hydrogens (primary N) is 1. The van der Waals surface area contributed by atoms with Gasteiger partial charge in [-0.15, -0.1) is 11.3 Å². The molecule has 1 aliphatic heterocycles. The third kappa shape index (κ3) is 1.51. The van der Waals surface area contributed by atoms with Crippen LogP contribution in [-0.2, 0) is 0 Å². The lowest BCUT2D eigenvalue weighted by molar-refractivity contribution is 0.0996. The minimum absolute atomic E-state index is 0.395. The molecule has 1 spiro atoms. The van der Waals surface area contributed by atoms with Gasteiger partial charge >= 0.3 is 0 Å². The Morgan fingerprint density at radius 2 is 2.33 bits per heavy atom. The molecule has 0 bridgehead atoms. The van der Waals surface area contributed by atoms with Crippen molar-refractivity contribution in [1.82, 2.24) is 4.98 Å². The summed E-state index contributed by atoms with van der Waals surface area (Å²) in [5, 5.41) is 2.70. The van der Waals surface area contributed by atoms with Gasteiger partial charge in [-0.1, -0.05) is 0 Å². The number of anilines is 1. The Balaban J connectivity index is 1.78. The van der Waals surface area contributed by atoms with E-state index in [0.29, 0.717) is 11.1 Å². The van der Waals surface area contributed by atoms with E-state index in [1.165, 1.54) is 30.6 Å². The number of amides is 1. The second kappa shape index (κ2) is 2.95. The minimum atomic E-state index is -0.433. The molecule has 0 atom stereocenters. The van der Waals surface area contributed by atoms with Gasteiger partial charge in [0.15, 0.2) is 5.13 Å². The van der Waals surface area contributed by atoms with Gasteiger partial charge in [0.05, 0.1) is 0 Å². The largest absolute Gasteiger partial charge is 0.364 e. The van der Waals surface area contributed by atoms with Gasteiger partial charge in [0.2, 0.25) is 0 Å². The van der Waals surface area contributed by atoms with E-state index in [1.807, 2.05) is 0 Å². The average molecular weight is 223 g/mol. The SMILES string of the molecule is NC(=O)c1csc(N2CCC3(CC3)C2)n1. The predicted octanol–water partition coefficient (Wildman–Crippen LogP) is 1.23. The van der Waals surface area contributed by atoms with E-state index >= 15 is 0 Å². The van der Waals surface area contributed by atoms with Crippen molar-refractivity contribution in [2.24, 2.45) is 11.1 Å². The van der Waals surface area contributed by atoms with Crippen LogP contribution in [0.4, 0.5) is 5.13 Å². The summed E-state index contributed by atoms with van der Waals surface area (Å²) in [4.78, 5) is 17.5. The van der Waals surface area contributed by atoms with Crippen LogP contribution in [0.15, 0.2) is 5.38 Å². The molecule has 80 valence electrons. The Morgan fingerprint density at radius 3 is 2.87 bits per heavy atom. The van der Waals surface area contributed by atoms with Crippen molar-refractivity contribution in [3.05, 3.63) is 11.1 Å². The molecule has 0 aromatic carbocycles. The zero-order valence-corrected chi connectivity index (χ0v) is 9.22. The summed E-state index contributed by atoms with van der Waals surface area (Å²) in [5.74, 6) is -0.433. The zero-order chi connectivity index (χ0) is 10.5. The van der Waals surface area contributed by atoms with Gasteiger partial charge in [-0.05, 0) is 24.7 Å². The van der Waals surface area contributed by atoms with Crippen LogP contribution in [0.5, 0.6) is 0 Å². The number of carbonyl (C=O) groups is 1.